The molecule has 1 aromatic carbocycles. The lowest BCUT2D eigenvalue weighted by molar-refractivity contribution is -0.131. The van der Waals surface area contributed by atoms with Gasteiger partial charge in [-0.25, -0.2) is 9.97 Å². The molecule has 21 heavy (non-hydrogen) atoms. The van der Waals surface area contributed by atoms with Crippen molar-refractivity contribution in [1.29, 1.82) is 0 Å². The van der Waals surface area contributed by atoms with Crippen LogP contribution in [0.5, 0.6) is 5.75 Å². The number of rotatable bonds is 2. The number of carbonyl (C=O) groups excluding carboxylic acids is 1. The second-order valence-corrected chi connectivity index (χ2v) is 4.41. The molecule has 0 spiro atoms. The number of benzene rings is 1. The van der Waals surface area contributed by atoms with E-state index in [1.165, 1.54) is 6.92 Å². The van der Waals surface area contributed by atoms with Gasteiger partial charge in [-0.05, 0) is 24.3 Å². The first-order valence-corrected chi connectivity index (χ1v) is 6.27. The van der Waals surface area contributed by atoms with E-state index in [0.717, 1.165) is 0 Å². The average molecular weight is 281 g/mol. The van der Waals surface area contributed by atoms with E-state index in [9.17, 15) is 9.59 Å². The van der Waals surface area contributed by atoms with Gasteiger partial charge in [-0.1, -0.05) is 12.1 Å². The molecule has 0 aliphatic rings. The fourth-order valence-electron chi connectivity index (χ4n) is 1.98. The zero-order valence-corrected chi connectivity index (χ0v) is 11.2. The highest BCUT2D eigenvalue weighted by molar-refractivity contribution is 5.76. The lowest BCUT2D eigenvalue weighted by atomic mass is 10.2. The minimum absolute atomic E-state index is 0.263. The zero-order chi connectivity index (χ0) is 14.8. The van der Waals surface area contributed by atoms with Crippen LogP contribution < -0.4 is 10.3 Å². The van der Waals surface area contributed by atoms with Crippen LogP contribution in [0.25, 0.3) is 22.4 Å². The number of ether oxygens (including phenoxy) is 1. The number of esters is 1. The first-order chi connectivity index (χ1) is 10.1. The van der Waals surface area contributed by atoms with Crippen molar-refractivity contribution in [2.45, 2.75) is 6.92 Å². The fraction of sp³-hybridized carbons (Fsp3) is 0.0667. The van der Waals surface area contributed by atoms with Gasteiger partial charge in [0.2, 0.25) is 0 Å². The molecule has 2 aromatic heterocycles. The van der Waals surface area contributed by atoms with Gasteiger partial charge in [-0.3, -0.25) is 9.59 Å². The van der Waals surface area contributed by atoms with E-state index in [-0.39, 0.29) is 5.56 Å². The van der Waals surface area contributed by atoms with Crippen LogP contribution in [0.15, 0.2) is 47.4 Å². The monoisotopic (exact) mass is 281 g/mol. The predicted octanol–water partition coefficient (Wildman–Crippen LogP) is 1.91. The summed E-state index contributed by atoms with van der Waals surface area (Å²) in [6.07, 6.45) is 1.58. The van der Waals surface area contributed by atoms with Crippen molar-refractivity contribution < 1.29 is 9.53 Å². The number of fused-ring (bicyclic) bond motifs is 1. The molecular weight excluding hydrogens is 270 g/mol. The van der Waals surface area contributed by atoms with Crippen LogP contribution in [0.3, 0.4) is 0 Å². The second kappa shape index (κ2) is 5.16. The third kappa shape index (κ3) is 2.64. The van der Waals surface area contributed by atoms with E-state index >= 15 is 0 Å². The standard InChI is InChI=1S/C15H11N3O3/c1-9(19)21-11-5-2-4-10(8-11)13-17-14-12(15(20)18-13)6-3-7-16-14/h2-8H,1H3,(H,16,17,18,20). The third-order valence-electron chi connectivity index (χ3n) is 2.85. The molecule has 0 saturated heterocycles. The van der Waals surface area contributed by atoms with E-state index in [1.54, 1.807) is 42.6 Å². The third-order valence-corrected chi connectivity index (χ3v) is 2.85. The number of H-pyrrole nitrogens is 1. The molecule has 0 atom stereocenters. The molecule has 3 aromatic rings. The Balaban J connectivity index is 2.12. The number of hydrogen-bond donors (Lipinski definition) is 1. The topological polar surface area (TPSA) is 84.9 Å². The smallest absolute Gasteiger partial charge is 0.308 e. The SMILES string of the molecule is CC(=O)Oc1cccc(-c2nc3ncccc3c(=O)[nH]2)c1. The molecule has 0 aliphatic carbocycles. The summed E-state index contributed by atoms with van der Waals surface area (Å²) < 4.78 is 5.02. The minimum Gasteiger partial charge on any atom is -0.427 e. The van der Waals surface area contributed by atoms with Crippen LogP contribution in [0.4, 0.5) is 0 Å². The van der Waals surface area contributed by atoms with E-state index in [2.05, 4.69) is 15.0 Å². The van der Waals surface area contributed by atoms with Crippen molar-refractivity contribution in [3.8, 4) is 17.1 Å². The van der Waals surface area contributed by atoms with Gasteiger partial charge in [0, 0.05) is 18.7 Å². The Morgan fingerprint density at radius 2 is 2.10 bits per heavy atom. The number of nitrogens with zero attached hydrogens (tertiary/aromatic N) is 2. The van der Waals surface area contributed by atoms with Crippen molar-refractivity contribution in [2.24, 2.45) is 0 Å². The highest BCUT2D eigenvalue weighted by Crippen LogP contribution is 2.21. The van der Waals surface area contributed by atoms with E-state index < -0.39 is 5.97 Å². The van der Waals surface area contributed by atoms with Gasteiger partial charge in [-0.2, -0.15) is 0 Å². The van der Waals surface area contributed by atoms with Gasteiger partial charge in [-0.15, -0.1) is 0 Å². The number of carbonyl (C=O) groups is 1. The molecule has 6 nitrogen and oxygen atoms in total. The lowest BCUT2D eigenvalue weighted by Crippen LogP contribution is -2.10. The second-order valence-electron chi connectivity index (χ2n) is 4.41. The summed E-state index contributed by atoms with van der Waals surface area (Å²) >= 11 is 0. The zero-order valence-electron chi connectivity index (χ0n) is 11.2. The molecule has 3 rings (SSSR count). The molecule has 0 unspecified atom stereocenters. The molecular formula is C15H11N3O3. The molecule has 0 bridgehead atoms. The van der Waals surface area contributed by atoms with E-state index in [0.29, 0.717) is 28.2 Å². The van der Waals surface area contributed by atoms with Gasteiger partial charge in [0.25, 0.3) is 5.56 Å². The number of nitrogens with one attached hydrogen (secondary N) is 1. The Morgan fingerprint density at radius 1 is 1.24 bits per heavy atom. The number of pyridine rings is 1. The molecule has 1 N–H and O–H groups in total. The van der Waals surface area contributed by atoms with Crippen molar-refractivity contribution in [2.75, 3.05) is 0 Å². The first-order valence-electron chi connectivity index (χ1n) is 6.27. The Bertz CT molecular complexity index is 886. The summed E-state index contributed by atoms with van der Waals surface area (Å²) in [7, 11) is 0. The summed E-state index contributed by atoms with van der Waals surface area (Å²) in [5.41, 5.74) is 0.744. The summed E-state index contributed by atoms with van der Waals surface area (Å²) in [5.74, 6) is 0.359. The van der Waals surface area contributed by atoms with Gasteiger partial charge in [0.15, 0.2) is 5.65 Å². The Morgan fingerprint density at radius 3 is 2.90 bits per heavy atom. The molecule has 104 valence electrons. The van der Waals surface area contributed by atoms with Crippen LogP contribution in [-0.4, -0.2) is 20.9 Å². The maximum Gasteiger partial charge on any atom is 0.308 e. The highest BCUT2D eigenvalue weighted by atomic mass is 16.5. The lowest BCUT2D eigenvalue weighted by Gasteiger charge is -2.05. The summed E-state index contributed by atoms with van der Waals surface area (Å²) in [4.78, 5) is 34.1. The van der Waals surface area contributed by atoms with Crippen molar-refractivity contribution in [1.82, 2.24) is 15.0 Å². The van der Waals surface area contributed by atoms with Crippen LogP contribution in [0.2, 0.25) is 0 Å². The van der Waals surface area contributed by atoms with E-state index in [4.69, 9.17) is 4.74 Å². The highest BCUT2D eigenvalue weighted by Gasteiger charge is 2.08. The Kier molecular flexibility index (Phi) is 3.19. The van der Waals surface area contributed by atoms with Crippen LogP contribution in [0, 0.1) is 0 Å². The number of aromatic amines is 1. The van der Waals surface area contributed by atoms with Gasteiger partial charge in [0.05, 0.1) is 5.39 Å². The molecule has 2 heterocycles. The van der Waals surface area contributed by atoms with Crippen molar-refractivity contribution >= 4 is 17.0 Å². The number of hydrogen-bond acceptors (Lipinski definition) is 5. The van der Waals surface area contributed by atoms with Crippen LogP contribution in [0.1, 0.15) is 6.92 Å². The predicted molar refractivity (Wildman–Crippen MR) is 76.9 cm³/mol. The van der Waals surface area contributed by atoms with Crippen LogP contribution >= 0.6 is 0 Å². The fourth-order valence-corrected chi connectivity index (χ4v) is 1.98. The maximum atomic E-state index is 12.0. The van der Waals surface area contributed by atoms with Crippen LogP contribution in [-0.2, 0) is 4.79 Å². The Hall–Kier alpha value is -3.02. The Labute approximate surface area is 119 Å². The van der Waals surface area contributed by atoms with E-state index in [1.807, 2.05) is 0 Å². The normalized spacial score (nSPS) is 10.5. The van der Waals surface area contributed by atoms with Gasteiger partial charge < -0.3 is 9.72 Å². The average Bonchev–Trinajstić information content (AvgIpc) is 2.47. The van der Waals surface area contributed by atoms with Gasteiger partial charge >= 0.3 is 5.97 Å². The summed E-state index contributed by atoms with van der Waals surface area (Å²) in [5, 5.41) is 0.428. The summed E-state index contributed by atoms with van der Waals surface area (Å²) in [6.45, 7) is 1.33. The molecule has 0 saturated carbocycles. The molecule has 0 radical (unpaired) electrons. The number of aromatic nitrogens is 3. The molecule has 0 amide bonds. The first kappa shape index (κ1) is 13.0. The van der Waals surface area contributed by atoms with Crippen molar-refractivity contribution in [3.05, 3.63) is 52.9 Å². The molecule has 6 heteroatoms. The maximum absolute atomic E-state index is 12.0. The molecule has 0 fully saturated rings. The van der Waals surface area contributed by atoms with Crippen molar-refractivity contribution in [3.63, 3.8) is 0 Å². The largest absolute Gasteiger partial charge is 0.427 e. The quantitative estimate of drug-likeness (QED) is 0.573. The molecule has 0 aliphatic heterocycles. The summed E-state index contributed by atoms with van der Waals surface area (Å²) in [6, 6.07) is 10.1. The van der Waals surface area contributed by atoms with Gasteiger partial charge in [0.1, 0.15) is 11.6 Å². The minimum atomic E-state index is -0.409.